The highest BCUT2D eigenvalue weighted by molar-refractivity contribution is 6.18. The second kappa shape index (κ2) is 9.86. The molecule has 1 aromatic heterocycles. The van der Waals surface area contributed by atoms with E-state index in [4.69, 9.17) is 4.42 Å². The highest BCUT2D eigenvalue weighted by Gasteiger charge is 2.20. The Kier molecular flexibility index (Phi) is 5.54. The van der Waals surface area contributed by atoms with E-state index in [0.717, 1.165) is 49.8 Å². The van der Waals surface area contributed by atoms with E-state index in [1.807, 2.05) is 12.1 Å². The van der Waals surface area contributed by atoms with Gasteiger partial charge in [0, 0.05) is 32.6 Å². The summed E-state index contributed by atoms with van der Waals surface area (Å²) in [5.41, 5.74) is 7.62. The van der Waals surface area contributed by atoms with Crippen LogP contribution in [0, 0.1) is 0 Å². The lowest BCUT2D eigenvalue weighted by Gasteiger charge is -2.28. The van der Waals surface area contributed by atoms with E-state index >= 15 is 0 Å². The Bertz CT molecular complexity index is 2490. The molecule has 0 aliphatic rings. The first kappa shape index (κ1) is 24.7. The lowest BCUT2D eigenvalue weighted by molar-refractivity contribution is 0.672. The molecule has 0 aliphatic heterocycles. The summed E-state index contributed by atoms with van der Waals surface area (Å²) < 4.78 is 6.46. The standard InChI is InChI=1S/C42H27NO/c1-3-14-32-28(10-1)12-7-17-33(32)30-22-24-31(25-23-30)43(39-19-8-13-29-11-2-4-15-34(29)39)40-20-9-18-37-35(40)26-27-38-36-16-5-6-21-41(36)44-42(37)38/h1-27H. The number of para-hydroxylation sites is 1. The van der Waals surface area contributed by atoms with Crippen LogP contribution in [0.15, 0.2) is 168 Å². The molecule has 9 aromatic rings. The van der Waals surface area contributed by atoms with Gasteiger partial charge in [0.1, 0.15) is 11.2 Å². The molecule has 44 heavy (non-hydrogen) atoms. The van der Waals surface area contributed by atoms with Crippen molar-refractivity contribution in [3.63, 3.8) is 0 Å². The Hall–Kier alpha value is -5.86. The predicted octanol–water partition coefficient (Wildman–Crippen LogP) is 12.2. The molecule has 1 heterocycles. The molecule has 0 saturated heterocycles. The summed E-state index contributed by atoms with van der Waals surface area (Å²) in [5.74, 6) is 0. The topological polar surface area (TPSA) is 16.4 Å². The zero-order chi connectivity index (χ0) is 29.0. The molecular formula is C42H27NO. The number of benzene rings is 8. The Morgan fingerprint density at radius 1 is 0.364 bits per heavy atom. The third-order valence-corrected chi connectivity index (χ3v) is 8.85. The summed E-state index contributed by atoms with van der Waals surface area (Å²) in [5, 5.41) is 9.46. The van der Waals surface area contributed by atoms with Gasteiger partial charge in [-0.25, -0.2) is 0 Å². The molecule has 0 spiro atoms. The molecule has 0 unspecified atom stereocenters. The number of furan rings is 1. The summed E-state index contributed by atoms with van der Waals surface area (Å²) >= 11 is 0. The molecule has 0 radical (unpaired) electrons. The molecule has 0 bridgehead atoms. The molecule has 0 fully saturated rings. The van der Waals surface area contributed by atoms with Gasteiger partial charge in [0.25, 0.3) is 0 Å². The average Bonchev–Trinajstić information content (AvgIpc) is 3.48. The van der Waals surface area contributed by atoms with Crippen molar-refractivity contribution in [1.82, 2.24) is 0 Å². The maximum atomic E-state index is 6.46. The lowest BCUT2D eigenvalue weighted by atomic mass is 9.97. The van der Waals surface area contributed by atoms with E-state index in [2.05, 4.69) is 157 Å². The van der Waals surface area contributed by atoms with Crippen LogP contribution in [0.3, 0.4) is 0 Å². The summed E-state index contributed by atoms with van der Waals surface area (Å²) in [6.07, 6.45) is 0. The highest BCUT2D eigenvalue weighted by atomic mass is 16.3. The van der Waals surface area contributed by atoms with Crippen molar-refractivity contribution in [2.45, 2.75) is 0 Å². The van der Waals surface area contributed by atoms with Crippen molar-refractivity contribution in [2.24, 2.45) is 0 Å². The highest BCUT2D eigenvalue weighted by Crippen LogP contribution is 2.44. The molecule has 206 valence electrons. The molecule has 8 aromatic carbocycles. The molecular weight excluding hydrogens is 534 g/mol. The lowest BCUT2D eigenvalue weighted by Crippen LogP contribution is -2.11. The van der Waals surface area contributed by atoms with Gasteiger partial charge in [0.2, 0.25) is 0 Å². The monoisotopic (exact) mass is 561 g/mol. The van der Waals surface area contributed by atoms with Crippen LogP contribution in [0.1, 0.15) is 0 Å². The summed E-state index contributed by atoms with van der Waals surface area (Å²) in [6, 6.07) is 58.6. The van der Waals surface area contributed by atoms with E-state index in [9.17, 15) is 0 Å². The minimum absolute atomic E-state index is 0.912. The van der Waals surface area contributed by atoms with Crippen molar-refractivity contribution in [3.8, 4) is 11.1 Å². The van der Waals surface area contributed by atoms with E-state index in [0.29, 0.717) is 0 Å². The zero-order valence-corrected chi connectivity index (χ0v) is 23.9. The van der Waals surface area contributed by atoms with Gasteiger partial charge in [-0.1, -0.05) is 127 Å². The van der Waals surface area contributed by atoms with Gasteiger partial charge in [-0.15, -0.1) is 0 Å². The molecule has 0 aliphatic carbocycles. The molecule has 2 heteroatoms. The summed E-state index contributed by atoms with van der Waals surface area (Å²) in [6.45, 7) is 0. The second-order valence-electron chi connectivity index (χ2n) is 11.3. The van der Waals surface area contributed by atoms with Crippen LogP contribution in [0.4, 0.5) is 17.1 Å². The predicted molar refractivity (Wildman–Crippen MR) is 186 cm³/mol. The number of fused-ring (bicyclic) bond motifs is 7. The van der Waals surface area contributed by atoms with Crippen LogP contribution in [-0.4, -0.2) is 0 Å². The smallest absolute Gasteiger partial charge is 0.143 e. The van der Waals surface area contributed by atoms with Gasteiger partial charge in [0.15, 0.2) is 0 Å². The van der Waals surface area contributed by atoms with E-state index in [-0.39, 0.29) is 0 Å². The molecule has 2 nitrogen and oxygen atoms in total. The van der Waals surface area contributed by atoms with Crippen LogP contribution in [0.2, 0.25) is 0 Å². The minimum atomic E-state index is 0.912. The number of hydrogen-bond donors (Lipinski definition) is 0. The fourth-order valence-corrected chi connectivity index (χ4v) is 6.80. The first-order chi connectivity index (χ1) is 21.8. The minimum Gasteiger partial charge on any atom is -0.455 e. The zero-order valence-electron chi connectivity index (χ0n) is 23.9. The second-order valence-corrected chi connectivity index (χ2v) is 11.3. The maximum absolute atomic E-state index is 6.46. The van der Waals surface area contributed by atoms with Gasteiger partial charge in [-0.05, 0) is 63.7 Å². The van der Waals surface area contributed by atoms with E-state index in [1.165, 1.54) is 32.7 Å². The Balaban J connectivity index is 1.28. The van der Waals surface area contributed by atoms with E-state index < -0.39 is 0 Å². The third kappa shape index (κ3) is 3.82. The van der Waals surface area contributed by atoms with Gasteiger partial charge in [-0.3, -0.25) is 0 Å². The van der Waals surface area contributed by atoms with E-state index in [1.54, 1.807) is 0 Å². The van der Waals surface area contributed by atoms with Crippen LogP contribution < -0.4 is 4.90 Å². The Morgan fingerprint density at radius 3 is 1.73 bits per heavy atom. The number of hydrogen-bond acceptors (Lipinski definition) is 2. The SMILES string of the molecule is c1ccc2c(-c3ccc(N(c4cccc5ccccc45)c4cccc5c4ccc4c6ccccc6oc54)cc3)cccc2c1. The first-order valence-electron chi connectivity index (χ1n) is 15.0. The summed E-state index contributed by atoms with van der Waals surface area (Å²) in [7, 11) is 0. The molecule has 9 rings (SSSR count). The van der Waals surface area contributed by atoms with Crippen molar-refractivity contribution in [1.29, 1.82) is 0 Å². The van der Waals surface area contributed by atoms with Crippen LogP contribution in [0.5, 0.6) is 0 Å². The fourth-order valence-electron chi connectivity index (χ4n) is 6.80. The normalized spacial score (nSPS) is 11.6. The molecule has 0 N–H and O–H groups in total. The van der Waals surface area contributed by atoms with Crippen molar-refractivity contribution >= 4 is 71.3 Å². The molecule has 0 amide bonds. The molecule has 0 saturated carbocycles. The van der Waals surface area contributed by atoms with Gasteiger partial charge < -0.3 is 9.32 Å². The molecule has 0 atom stereocenters. The van der Waals surface area contributed by atoms with Gasteiger partial charge >= 0.3 is 0 Å². The summed E-state index contributed by atoms with van der Waals surface area (Å²) in [4.78, 5) is 2.39. The maximum Gasteiger partial charge on any atom is 0.143 e. The Morgan fingerprint density at radius 2 is 0.909 bits per heavy atom. The van der Waals surface area contributed by atoms with Crippen LogP contribution in [-0.2, 0) is 0 Å². The van der Waals surface area contributed by atoms with Gasteiger partial charge in [0.05, 0.1) is 11.4 Å². The third-order valence-electron chi connectivity index (χ3n) is 8.85. The number of nitrogens with zero attached hydrogens (tertiary/aromatic N) is 1. The van der Waals surface area contributed by atoms with Crippen molar-refractivity contribution in [3.05, 3.63) is 164 Å². The number of rotatable bonds is 4. The fraction of sp³-hybridized carbons (Fsp3) is 0. The van der Waals surface area contributed by atoms with Gasteiger partial charge in [-0.2, -0.15) is 0 Å². The van der Waals surface area contributed by atoms with Crippen LogP contribution >= 0.6 is 0 Å². The van der Waals surface area contributed by atoms with Crippen LogP contribution in [0.25, 0.3) is 65.4 Å². The largest absolute Gasteiger partial charge is 0.455 e. The average molecular weight is 562 g/mol. The first-order valence-corrected chi connectivity index (χ1v) is 15.0. The number of anilines is 3. The quantitative estimate of drug-likeness (QED) is 0.212. The Labute approximate surface area is 255 Å². The van der Waals surface area contributed by atoms with Crippen molar-refractivity contribution in [2.75, 3.05) is 4.90 Å². The van der Waals surface area contributed by atoms with Crippen molar-refractivity contribution < 1.29 is 4.42 Å².